The summed E-state index contributed by atoms with van der Waals surface area (Å²) >= 11 is 5.95. The molecule has 4 nitrogen and oxygen atoms in total. The molecule has 26 heavy (non-hydrogen) atoms. The van der Waals surface area contributed by atoms with Gasteiger partial charge in [-0.1, -0.05) is 28.9 Å². The predicted octanol–water partition coefficient (Wildman–Crippen LogP) is 5.71. The van der Waals surface area contributed by atoms with Crippen molar-refractivity contribution in [3.05, 3.63) is 82.9 Å². The average Bonchev–Trinajstić information content (AvgIpc) is 3.05. The molecule has 0 radical (unpaired) electrons. The Morgan fingerprint density at radius 2 is 1.85 bits per heavy atom. The number of fused-ring (bicyclic) bond motifs is 1. The van der Waals surface area contributed by atoms with Gasteiger partial charge in [-0.2, -0.15) is 0 Å². The Balaban J connectivity index is 1.69. The molecule has 128 valence electrons. The lowest BCUT2D eigenvalue weighted by molar-refractivity contribution is 0.102. The second kappa shape index (κ2) is 6.65. The molecule has 0 atom stereocenters. The maximum atomic E-state index is 12.6. The summed E-state index contributed by atoms with van der Waals surface area (Å²) in [5, 5.41) is 8.42. The molecule has 0 aliphatic heterocycles. The van der Waals surface area contributed by atoms with Gasteiger partial charge in [0.1, 0.15) is 5.52 Å². The van der Waals surface area contributed by atoms with Gasteiger partial charge in [-0.05, 0) is 67.1 Å². The Morgan fingerprint density at radius 3 is 2.62 bits per heavy atom. The Bertz CT molecular complexity index is 1100. The molecule has 0 saturated carbocycles. The summed E-state index contributed by atoms with van der Waals surface area (Å²) in [6.07, 6.45) is 0. The van der Waals surface area contributed by atoms with Crippen LogP contribution < -0.4 is 5.32 Å². The Labute approximate surface area is 155 Å². The molecule has 0 spiro atoms. The maximum absolute atomic E-state index is 12.6. The van der Waals surface area contributed by atoms with Crippen molar-refractivity contribution < 1.29 is 9.32 Å². The Morgan fingerprint density at radius 1 is 1.04 bits per heavy atom. The topological polar surface area (TPSA) is 55.1 Å². The fourth-order valence-electron chi connectivity index (χ4n) is 2.82. The summed E-state index contributed by atoms with van der Waals surface area (Å²) in [5.41, 5.74) is 3.94. The van der Waals surface area contributed by atoms with Gasteiger partial charge in [-0.3, -0.25) is 4.79 Å². The third kappa shape index (κ3) is 3.19. The third-order valence-electron chi connectivity index (χ3n) is 4.12. The molecule has 0 fully saturated rings. The highest BCUT2D eigenvalue weighted by atomic mass is 35.5. The second-order valence-corrected chi connectivity index (χ2v) is 6.51. The van der Waals surface area contributed by atoms with E-state index < -0.39 is 0 Å². The molecular formula is C21H15ClN2O2. The number of rotatable bonds is 3. The van der Waals surface area contributed by atoms with E-state index in [2.05, 4.69) is 10.5 Å². The number of anilines is 1. The van der Waals surface area contributed by atoms with Gasteiger partial charge in [0.15, 0.2) is 5.76 Å². The quantitative estimate of drug-likeness (QED) is 0.508. The van der Waals surface area contributed by atoms with Crippen LogP contribution in [0.25, 0.3) is 22.2 Å². The predicted molar refractivity (Wildman–Crippen MR) is 104 cm³/mol. The lowest BCUT2D eigenvalue weighted by Crippen LogP contribution is -2.11. The van der Waals surface area contributed by atoms with Gasteiger partial charge in [0.2, 0.25) is 0 Å². The number of carbonyl (C=O) groups is 1. The van der Waals surface area contributed by atoms with E-state index in [-0.39, 0.29) is 5.91 Å². The largest absolute Gasteiger partial charge is 0.355 e. The summed E-state index contributed by atoms with van der Waals surface area (Å²) in [7, 11) is 0. The number of nitrogens with zero attached hydrogens (tertiary/aromatic N) is 1. The number of amides is 1. The summed E-state index contributed by atoms with van der Waals surface area (Å²) in [6.45, 7) is 1.98. The van der Waals surface area contributed by atoms with E-state index in [9.17, 15) is 4.79 Å². The minimum absolute atomic E-state index is 0.180. The zero-order chi connectivity index (χ0) is 18.1. The van der Waals surface area contributed by atoms with E-state index in [1.54, 1.807) is 30.3 Å². The molecule has 5 heteroatoms. The van der Waals surface area contributed by atoms with Gasteiger partial charge in [-0.25, -0.2) is 0 Å². The van der Waals surface area contributed by atoms with Gasteiger partial charge in [0.25, 0.3) is 5.91 Å². The number of hydrogen-bond donors (Lipinski definition) is 1. The first kappa shape index (κ1) is 16.4. The van der Waals surface area contributed by atoms with Crippen molar-refractivity contribution in [3.8, 4) is 11.3 Å². The highest BCUT2D eigenvalue weighted by Crippen LogP contribution is 2.30. The van der Waals surface area contributed by atoms with Crippen LogP contribution in [0.15, 0.2) is 71.3 Å². The molecule has 4 aromatic rings. The van der Waals surface area contributed by atoms with Crippen LogP contribution in [-0.4, -0.2) is 11.1 Å². The molecule has 0 aliphatic rings. The molecule has 1 amide bonds. The monoisotopic (exact) mass is 362 g/mol. The number of aryl methyl sites for hydroxylation is 1. The van der Waals surface area contributed by atoms with E-state index in [0.717, 1.165) is 22.2 Å². The maximum Gasteiger partial charge on any atom is 0.255 e. The molecule has 3 aromatic carbocycles. The van der Waals surface area contributed by atoms with Crippen molar-refractivity contribution in [2.75, 3.05) is 5.32 Å². The molecule has 0 bridgehead atoms. The minimum atomic E-state index is -0.180. The zero-order valence-corrected chi connectivity index (χ0v) is 14.7. The summed E-state index contributed by atoms with van der Waals surface area (Å²) < 4.78 is 5.48. The average molecular weight is 363 g/mol. The first-order valence-corrected chi connectivity index (χ1v) is 8.51. The lowest BCUT2D eigenvalue weighted by Gasteiger charge is -2.06. The van der Waals surface area contributed by atoms with Crippen LogP contribution in [0.2, 0.25) is 5.02 Å². The van der Waals surface area contributed by atoms with Crippen LogP contribution in [0.5, 0.6) is 0 Å². The number of halogens is 1. The molecule has 0 unspecified atom stereocenters. The normalized spacial score (nSPS) is 10.8. The van der Waals surface area contributed by atoms with Crippen LogP contribution in [0.1, 0.15) is 15.9 Å². The van der Waals surface area contributed by atoms with E-state index in [4.69, 9.17) is 16.1 Å². The second-order valence-electron chi connectivity index (χ2n) is 6.07. The summed E-state index contributed by atoms with van der Waals surface area (Å²) in [5.74, 6) is 0.433. The fourth-order valence-corrected chi connectivity index (χ4v) is 2.94. The number of nitrogens with one attached hydrogen (secondary N) is 1. The SMILES string of the molecule is Cc1cccc(NC(=O)c2ccc3noc(-c4ccc(Cl)cc4)c3c2)c1. The van der Waals surface area contributed by atoms with E-state index in [0.29, 0.717) is 21.9 Å². The van der Waals surface area contributed by atoms with Crippen molar-refractivity contribution >= 4 is 34.1 Å². The minimum Gasteiger partial charge on any atom is -0.355 e. The van der Waals surface area contributed by atoms with Crippen LogP contribution >= 0.6 is 11.6 Å². The van der Waals surface area contributed by atoms with E-state index >= 15 is 0 Å². The Hall–Kier alpha value is -3.11. The van der Waals surface area contributed by atoms with Crippen LogP contribution in [0, 0.1) is 6.92 Å². The van der Waals surface area contributed by atoms with E-state index in [1.165, 1.54) is 0 Å². The molecular weight excluding hydrogens is 348 g/mol. The van der Waals surface area contributed by atoms with Gasteiger partial charge >= 0.3 is 0 Å². The van der Waals surface area contributed by atoms with Crippen LogP contribution in [-0.2, 0) is 0 Å². The molecule has 0 aliphatic carbocycles. The van der Waals surface area contributed by atoms with Crippen LogP contribution in [0.3, 0.4) is 0 Å². The smallest absolute Gasteiger partial charge is 0.255 e. The van der Waals surface area contributed by atoms with Gasteiger partial charge in [0, 0.05) is 21.8 Å². The molecule has 1 aromatic heterocycles. The standard InChI is InChI=1S/C21H15ClN2O2/c1-13-3-2-4-17(11-13)23-21(25)15-7-10-19-18(12-15)20(26-24-19)14-5-8-16(22)9-6-14/h2-12H,1H3,(H,23,25). The van der Waals surface area contributed by atoms with Crippen molar-refractivity contribution in [1.82, 2.24) is 5.16 Å². The van der Waals surface area contributed by atoms with Crippen molar-refractivity contribution in [3.63, 3.8) is 0 Å². The third-order valence-corrected chi connectivity index (χ3v) is 4.37. The number of hydrogen-bond acceptors (Lipinski definition) is 3. The molecule has 0 saturated heterocycles. The highest BCUT2D eigenvalue weighted by Gasteiger charge is 2.14. The summed E-state index contributed by atoms with van der Waals surface area (Å²) in [4.78, 5) is 12.6. The molecule has 1 N–H and O–H groups in total. The van der Waals surface area contributed by atoms with E-state index in [1.807, 2.05) is 43.3 Å². The molecule has 1 heterocycles. The van der Waals surface area contributed by atoms with Crippen molar-refractivity contribution in [2.45, 2.75) is 6.92 Å². The van der Waals surface area contributed by atoms with Gasteiger partial charge < -0.3 is 9.84 Å². The van der Waals surface area contributed by atoms with Gasteiger partial charge in [-0.15, -0.1) is 0 Å². The Kier molecular flexibility index (Phi) is 4.19. The van der Waals surface area contributed by atoms with Gasteiger partial charge in [0.05, 0.1) is 5.39 Å². The number of aromatic nitrogens is 1. The summed E-state index contributed by atoms with van der Waals surface area (Å²) in [6, 6.07) is 20.3. The first-order chi connectivity index (χ1) is 12.6. The number of carbonyl (C=O) groups excluding carboxylic acids is 1. The first-order valence-electron chi connectivity index (χ1n) is 8.13. The van der Waals surface area contributed by atoms with Crippen molar-refractivity contribution in [1.29, 1.82) is 0 Å². The van der Waals surface area contributed by atoms with Crippen LogP contribution in [0.4, 0.5) is 5.69 Å². The lowest BCUT2D eigenvalue weighted by atomic mass is 10.1. The fraction of sp³-hybridized carbons (Fsp3) is 0.0476. The number of benzene rings is 3. The zero-order valence-electron chi connectivity index (χ0n) is 14.0. The highest BCUT2D eigenvalue weighted by molar-refractivity contribution is 6.30. The molecule has 4 rings (SSSR count). The van der Waals surface area contributed by atoms with Crippen molar-refractivity contribution in [2.24, 2.45) is 0 Å².